The van der Waals surface area contributed by atoms with Gasteiger partial charge in [-0.15, -0.1) is 0 Å². The van der Waals surface area contributed by atoms with E-state index >= 15 is 0 Å². The first-order valence-corrected chi connectivity index (χ1v) is 4.98. The number of amides is 2. The molecular weight excluding hydrogens is 182 g/mol. The minimum absolute atomic E-state index is 0.0360. The van der Waals surface area contributed by atoms with Crippen LogP contribution in [0.15, 0.2) is 0 Å². The monoisotopic (exact) mass is 197 g/mol. The van der Waals surface area contributed by atoms with E-state index in [1.807, 2.05) is 0 Å². The molecule has 2 aliphatic heterocycles. The molecular formula is C9H15N3O2. The maximum Gasteiger partial charge on any atom is 0.246 e. The average Bonchev–Trinajstić information content (AvgIpc) is 2.17. The highest BCUT2D eigenvalue weighted by Crippen LogP contribution is 2.21. The van der Waals surface area contributed by atoms with Crippen molar-refractivity contribution in [2.45, 2.75) is 31.3 Å². The van der Waals surface area contributed by atoms with E-state index in [0.29, 0.717) is 12.8 Å². The molecule has 0 aliphatic carbocycles. The lowest BCUT2D eigenvalue weighted by Crippen LogP contribution is -2.70. The standard InChI is InChI=1S/C9H15N3O2/c1-6-7(13)12-9(8(14)11-6)2-4-10-5-3-9/h6,10H,2-5H2,1H3,(H,11,14)(H,12,13)/t6-/m0/s1. The zero-order valence-electron chi connectivity index (χ0n) is 8.22. The van der Waals surface area contributed by atoms with Gasteiger partial charge in [-0.2, -0.15) is 0 Å². The van der Waals surface area contributed by atoms with Gasteiger partial charge in [0.1, 0.15) is 11.6 Å². The highest BCUT2D eigenvalue weighted by atomic mass is 16.2. The van der Waals surface area contributed by atoms with Crippen molar-refractivity contribution in [2.75, 3.05) is 13.1 Å². The lowest BCUT2D eigenvalue weighted by Gasteiger charge is -2.41. The largest absolute Gasteiger partial charge is 0.343 e. The smallest absolute Gasteiger partial charge is 0.246 e. The fourth-order valence-electron chi connectivity index (χ4n) is 2.01. The first kappa shape index (κ1) is 9.45. The Bertz CT molecular complexity index is 271. The molecule has 1 atom stereocenters. The van der Waals surface area contributed by atoms with Crippen LogP contribution >= 0.6 is 0 Å². The van der Waals surface area contributed by atoms with Crippen LogP contribution in [0.2, 0.25) is 0 Å². The third kappa shape index (κ3) is 1.37. The molecule has 14 heavy (non-hydrogen) atoms. The number of piperazine rings is 1. The van der Waals surface area contributed by atoms with E-state index in [1.54, 1.807) is 6.92 Å². The first-order chi connectivity index (χ1) is 6.64. The number of nitrogens with one attached hydrogen (secondary N) is 3. The Morgan fingerprint density at radius 1 is 1.29 bits per heavy atom. The molecule has 0 saturated carbocycles. The number of hydrogen-bond donors (Lipinski definition) is 3. The van der Waals surface area contributed by atoms with Crippen LogP contribution in [-0.4, -0.2) is 36.5 Å². The molecule has 0 aromatic carbocycles. The number of rotatable bonds is 0. The molecule has 2 fully saturated rings. The molecule has 2 saturated heterocycles. The number of hydrogen-bond acceptors (Lipinski definition) is 3. The molecule has 0 radical (unpaired) electrons. The van der Waals surface area contributed by atoms with Crippen LogP contribution in [0.5, 0.6) is 0 Å². The maximum atomic E-state index is 11.8. The molecule has 2 aliphatic rings. The summed E-state index contributed by atoms with van der Waals surface area (Å²) in [6.07, 6.45) is 1.36. The molecule has 5 nitrogen and oxygen atoms in total. The molecule has 2 amide bonds. The third-order valence-electron chi connectivity index (χ3n) is 3.00. The second-order valence-electron chi connectivity index (χ2n) is 4.02. The highest BCUT2D eigenvalue weighted by molar-refractivity contribution is 5.99. The Labute approximate surface area is 82.6 Å². The molecule has 3 N–H and O–H groups in total. The van der Waals surface area contributed by atoms with Crippen molar-refractivity contribution in [1.29, 1.82) is 0 Å². The fourth-order valence-corrected chi connectivity index (χ4v) is 2.01. The minimum atomic E-state index is -0.644. The molecule has 1 spiro atoms. The molecule has 0 aromatic heterocycles. The number of piperidine rings is 1. The van der Waals surface area contributed by atoms with Crippen LogP contribution < -0.4 is 16.0 Å². The predicted octanol–water partition coefficient (Wildman–Crippen LogP) is -1.26. The SMILES string of the molecule is C[C@@H]1NC(=O)C2(CCNCC2)NC1=O. The van der Waals surface area contributed by atoms with E-state index in [0.717, 1.165) is 13.1 Å². The summed E-state index contributed by atoms with van der Waals surface area (Å²) in [5, 5.41) is 8.72. The van der Waals surface area contributed by atoms with Gasteiger partial charge in [0.05, 0.1) is 0 Å². The van der Waals surface area contributed by atoms with Gasteiger partial charge in [0, 0.05) is 0 Å². The number of carbonyl (C=O) groups excluding carboxylic acids is 2. The van der Waals surface area contributed by atoms with Crippen molar-refractivity contribution in [2.24, 2.45) is 0 Å². The Morgan fingerprint density at radius 3 is 2.57 bits per heavy atom. The van der Waals surface area contributed by atoms with Crippen LogP contribution in [-0.2, 0) is 9.59 Å². The van der Waals surface area contributed by atoms with Gasteiger partial charge in [-0.3, -0.25) is 9.59 Å². The second kappa shape index (κ2) is 3.24. The van der Waals surface area contributed by atoms with E-state index < -0.39 is 11.6 Å². The summed E-state index contributed by atoms with van der Waals surface area (Å²) in [5.41, 5.74) is -0.644. The van der Waals surface area contributed by atoms with Gasteiger partial charge in [-0.05, 0) is 32.9 Å². The third-order valence-corrected chi connectivity index (χ3v) is 3.00. The summed E-state index contributed by atoms with van der Waals surface area (Å²) < 4.78 is 0. The molecule has 2 heterocycles. The summed E-state index contributed by atoms with van der Waals surface area (Å²) in [6, 6.07) is -0.400. The zero-order valence-corrected chi connectivity index (χ0v) is 8.22. The summed E-state index contributed by atoms with van der Waals surface area (Å²) >= 11 is 0. The lowest BCUT2D eigenvalue weighted by atomic mass is 9.85. The van der Waals surface area contributed by atoms with Gasteiger partial charge in [0.2, 0.25) is 11.8 Å². The minimum Gasteiger partial charge on any atom is -0.343 e. The quantitative estimate of drug-likeness (QED) is 0.454. The summed E-state index contributed by atoms with van der Waals surface area (Å²) in [7, 11) is 0. The summed E-state index contributed by atoms with van der Waals surface area (Å²) in [4.78, 5) is 23.2. The summed E-state index contributed by atoms with van der Waals surface area (Å²) in [5.74, 6) is -0.113. The molecule has 78 valence electrons. The van der Waals surface area contributed by atoms with E-state index in [4.69, 9.17) is 0 Å². The van der Waals surface area contributed by atoms with Crippen molar-refractivity contribution in [3.63, 3.8) is 0 Å². The van der Waals surface area contributed by atoms with E-state index in [-0.39, 0.29) is 11.8 Å². The van der Waals surface area contributed by atoms with Crippen LogP contribution in [0, 0.1) is 0 Å². The van der Waals surface area contributed by atoms with Crippen molar-refractivity contribution < 1.29 is 9.59 Å². The zero-order chi connectivity index (χ0) is 10.2. The maximum absolute atomic E-state index is 11.8. The fraction of sp³-hybridized carbons (Fsp3) is 0.778. The molecule has 0 bridgehead atoms. The predicted molar refractivity (Wildman–Crippen MR) is 50.6 cm³/mol. The topological polar surface area (TPSA) is 70.2 Å². The van der Waals surface area contributed by atoms with Crippen molar-refractivity contribution in [3.8, 4) is 0 Å². The normalized spacial score (nSPS) is 31.1. The van der Waals surface area contributed by atoms with E-state index in [9.17, 15) is 9.59 Å². The Kier molecular flexibility index (Phi) is 2.19. The Balaban J connectivity index is 2.17. The highest BCUT2D eigenvalue weighted by Gasteiger charge is 2.45. The van der Waals surface area contributed by atoms with Gasteiger partial charge in [-0.25, -0.2) is 0 Å². The van der Waals surface area contributed by atoms with Crippen molar-refractivity contribution in [1.82, 2.24) is 16.0 Å². The Hall–Kier alpha value is -1.10. The van der Waals surface area contributed by atoms with Crippen LogP contribution in [0.1, 0.15) is 19.8 Å². The van der Waals surface area contributed by atoms with Gasteiger partial charge in [-0.1, -0.05) is 0 Å². The molecule has 0 aromatic rings. The van der Waals surface area contributed by atoms with E-state index in [2.05, 4.69) is 16.0 Å². The average molecular weight is 197 g/mol. The van der Waals surface area contributed by atoms with Gasteiger partial charge < -0.3 is 16.0 Å². The van der Waals surface area contributed by atoms with Gasteiger partial charge in [0.25, 0.3) is 0 Å². The number of carbonyl (C=O) groups is 2. The van der Waals surface area contributed by atoms with Gasteiger partial charge >= 0.3 is 0 Å². The molecule has 2 rings (SSSR count). The van der Waals surface area contributed by atoms with Crippen LogP contribution in [0.25, 0.3) is 0 Å². The molecule has 0 unspecified atom stereocenters. The lowest BCUT2D eigenvalue weighted by molar-refractivity contribution is -0.142. The van der Waals surface area contributed by atoms with Crippen molar-refractivity contribution >= 4 is 11.8 Å². The van der Waals surface area contributed by atoms with Crippen molar-refractivity contribution in [3.05, 3.63) is 0 Å². The second-order valence-corrected chi connectivity index (χ2v) is 4.02. The summed E-state index contributed by atoms with van der Waals surface area (Å²) in [6.45, 7) is 3.26. The first-order valence-electron chi connectivity index (χ1n) is 4.98. The van der Waals surface area contributed by atoms with Crippen LogP contribution in [0.4, 0.5) is 0 Å². The molecule has 5 heteroatoms. The van der Waals surface area contributed by atoms with E-state index in [1.165, 1.54) is 0 Å². The Morgan fingerprint density at radius 2 is 1.93 bits per heavy atom. The van der Waals surface area contributed by atoms with Gasteiger partial charge in [0.15, 0.2) is 0 Å². The van der Waals surface area contributed by atoms with Crippen LogP contribution in [0.3, 0.4) is 0 Å².